The van der Waals surface area contributed by atoms with Crippen molar-refractivity contribution in [1.82, 2.24) is 15.6 Å². The molecule has 1 aromatic heterocycles. The van der Waals surface area contributed by atoms with Gasteiger partial charge in [0.25, 0.3) is 0 Å². The number of ether oxygens (including phenoxy) is 1. The van der Waals surface area contributed by atoms with E-state index in [0.717, 1.165) is 11.3 Å². The van der Waals surface area contributed by atoms with E-state index >= 15 is 0 Å². The highest BCUT2D eigenvalue weighted by atomic mass is 127. The number of nitrogens with one attached hydrogen (secondary N) is 2. The Morgan fingerprint density at radius 3 is 2.58 bits per heavy atom. The molecule has 9 heteroatoms. The van der Waals surface area contributed by atoms with Gasteiger partial charge in [0.1, 0.15) is 12.0 Å². The molecule has 0 aliphatic heterocycles. The zero-order chi connectivity index (χ0) is 21.3. The molecule has 6 nitrogen and oxygen atoms in total. The molecule has 0 amide bonds. The van der Waals surface area contributed by atoms with E-state index < -0.39 is 6.61 Å². The molecule has 3 aromatic rings. The van der Waals surface area contributed by atoms with Crippen LogP contribution in [-0.2, 0) is 13.0 Å². The number of hydrogen-bond donors (Lipinski definition) is 2. The summed E-state index contributed by atoms with van der Waals surface area (Å²) in [6.45, 7) is 0.0384. The number of hydrogen-bond acceptors (Lipinski definition) is 4. The largest absolute Gasteiger partial charge is 0.444 e. The number of aryl methyl sites for hydroxylation is 1. The topological polar surface area (TPSA) is 71.7 Å². The second-order valence-electron chi connectivity index (χ2n) is 6.60. The van der Waals surface area contributed by atoms with E-state index in [1.54, 1.807) is 31.5 Å². The van der Waals surface area contributed by atoms with Gasteiger partial charge < -0.3 is 19.8 Å². The average Bonchev–Trinajstić information content (AvgIpc) is 3.20. The quantitative estimate of drug-likeness (QED) is 0.244. The van der Waals surface area contributed by atoms with E-state index in [0.29, 0.717) is 36.9 Å². The number of aliphatic imine (C=N–C) groups is 1. The summed E-state index contributed by atoms with van der Waals surface area (Å²) in [4.78, 5) is 8.66. The third kappa shape index (κ3) is 7.50. The van der Waals surface area contributed by atoms with Gasteiger partial charge in [-0.15, -0.1) is 24.0 Å². The van der Waals surface area contributed by atoms with Crippen LogP contribution in [0.2, 0.25) is 0 Å². The first kappa shape index (κ1) is 24.6. The minimum atomic E-state index is -2.86. The highest BCUT2D eigenvalue weighted by Gasteiger charge is 2.10. The second-order valence-corrected chi connectivity index (χ2v) is 6.60. The van der Waals surface area contributed by atoms with Crippen LogP contribution < -0.4 is 15.4 Å². The smallest absolute Gasteiger partial charge is 0.387 e. The Morgan fingerprint density at radius 1 is 1.13 bits per heavy atom. The molecule has 31 heavy (non-hydrogen) atoms. The second kappa shape index (κ2) is 12.2. The molecular formula is C22H25F2IN4O2. The fraction of sp³-hybridized carbons (Fsp3) is 0.273. The Hall–Kier alpha value is -2.69. The molecule has 2 aromatic carbocycles. The molecule has 0 unspecified atom stereocenters. The van der Waals surface area contributed by atoms with Crippen LogP contribution in [0.4, 0.5) is 8.78 Å². The first-order valence-electron chi connectivity index (χ1n) is 9.54. The summed E-state index contributed by atoms with van der Waals surface area (Å²) in [6, 6.07) is 14.6. The maximum absolute atomic E-state index is 12.5. The van der Waals surface area contributed by atoms with Gasteiger partial charge in [0.15, 0.2) is 5.96 Å². The Bertz CT molecular complexity index is 978. The van der Waals surface area contributed by atoms with Crippen LogP contribution in [-0.4, -0.2) is 31.1 Å². The summed E-state index contributed by atoms with van der Waals surface area (Å²) in [5.41, 5.74) is 3.54. The number of nitrogens with zero attached hydrogens (tertiary/aromatic N) is 2. The third-order valence-electron chi connectivity index (χ3n) is 4.38. The molecule has 166 valence electrons. The van der Waals surface area contributed by atoms with Gasteiger partial charge in [-0.3, -0.25) is 4.99 Å². The van der Waals surface area contributed by atoms with Crippen LogP contribution in [0.25, 0.3) is 11.5 Å². The Labute approximate surface area is 197 Å². The number of oxazole rings is 1. The van der Waals surface area contributed by atoms with Gasteiger partial charge >= 0.3 is 6.61 Å². The van der Waals surface area contributed by atoms with Crippen molar-refractivity contribution in [1.29, 1.82) is 0 Å². The molecule has 0 atom stereocenters. The molecule has 0 radical (unpaired) electrons. The van der Waals surface area contributed by atoms with Gasteiger partial charge in [-0.1, -0.05) is 35.9 Å². The zero-order valence-electron chi connectivity index (χ0n) is 17.3. The molecule has 0 fully saturated rings. The molecule has 1 heterocycles. The molecule has 0 aliphatic rings. The lowest BCUT2D eigenvalue weighted by molar-refractivity contribution is -0.0504. The fourth-order valence-electron chi connectivity index (χ4n) is 2.82. The summed E-state index contributed by atoms with van der Waals surface area (Å²) in [7, 11) is 1.64. The van der Waals surface area contributed by atoms with Crippen molar-refractivity contribution >= 4 is 29.9 Å². The van der Waals surface area contributed by atoms with Crippen LogP contribution in [0, 0.1) is 6.92 Å². The number of alkyl halides is 2. The van der Waals surface area contributed by atoms with Crippen molar-refractivity contribution < 1.29 is 17.9 Å². The van der Waals surface area contributed by atoms with E-state index in [-0.39, 0.29) is 29.7 Å². The first-order chi connectivity index (χ1) is 14.5. The highest BCUT2D eigenvalue weighted by molar-refractivity contribution is 14.0. The van der Waals surface area contributed by atoms with Crippen LogP contribution >= 0.6 is 24.0 Å². The lowest BCUT2D eigenvalue weighted by Gasteiger charge is -2.14. The molecule has 0 spiro atoms. The van der Waals surface area contributed by atoms with E-state index in [4.69, 9.17) is 4.42 Å². The van der Waals surface area contributed by atoms with Crippen molar-refractivity contribution in [2.45, 2.75) is 26.5 Å². The number of guanidine groups is 1. The van der Waals surface area contributed by atoms with Crippen LogP contribution in [0.5, 0.6) is 5.75 Å². The minimum absolute atomic E-state index is 0. The standard InChI is InChI=1S/C22H24F2N4O2.HI/c1-15-7-9-16(10-8-15)20-28-18(14-29-20)11-12-26-22(25-2)27-13-17-5-3-4-6-19(17)30-21(23)24;/h3-10,14,21H,11-13H2,1-2H3,(H2,25,26,27);1H. The van der Waals surface area contributed by atoms with Crippen LogP contribution in [0.15, 0.2) is 64.2 Å². The summed E-state index contributed by atoms with van der Waals surface area (Å²) in [5.74, 6) is 1.27. The number of benzene rings is 2. The van der Waals surface area contributed by atoms with Gasteiger partial charge in [-0.2, -0.15) is 8.78 Å². The van der Waals surface area contributed by atoms with Crippen molar-refractivity contribution in [3.05, 3.63) is 71.6 Å². The zero-order valence-corrected chi connectivity index (χ0v) is 19.6. The maximum Gasteiger partial charge on any atom is 0.387 e. The minimum Gasteiger partial charge on any atom is -0.444 e. The van der Waals surface area contributed by atoms with E-state index in [9.17, 15) is 8.78 Å². The predicted molar refractivity (Wildman–Crippen MR) is 127 cm³/mol. The molecule has 0 aliphatic carbocycles. The number of para-hydroxylation sites is 1. The molecule has 2 N–H and O–H groups in total. The summed E-state index contributed by atoms with van der Waals surface area (Å²) in [5, 5.41) is 6.27. The van der Waals surface area contributed by atoms with Gasteiger partial charge in [0.05, 0.1) is 5.69 Å². The Morgan fingerprint density at radius 2 is 1.87 bits per heavy atom. The number of rotatable bonds is 8. The predicted octanol–water partition coefficient (Wildman–Crippen LogP) is 4.78. The number of aromatic nitrogens is 1. The van der Waals surface area contributed by atoms with Crippen LogP contribution in [0.3, 0.4) is 0 Å². The van der Waals surface area contributed by atoms with E-state index in [2.05, 4.69) is 25.3 Å². The Kier molecular flexibility index (Phi) is 9.70. The molecule has 3 rings (SSSR count). The lowest BCUT2D eigenvalue weighted by Crippen LogP contribution is -2.38. The third-order valence-corrected chi connectivity index (χ3v) is 4.38. The normalized spacial score (nSPS) is 11.2. The maximum atomic E-state index is 12.5. The molecule has 0 bridgehead atoms. The van der Waals surface area contributed by atoms with Crippen molar-refractivity contribution in [3.63, 3.8) is 0 Å². The van der Waals surface area contributed by atoms with Crippen molar-refractivity contribution in [3.8, 4) is 17.2 Å². The lowest BCUT2D eigenvalue weighted by atomic mass is 10.1. The summed E-state index contributed by atoms with van der Waals surface area (Å²) >= 11 is 0. The van der Waals surface area contributed by atoms with E-state index in [1.807, 2.05) is 31.2 Å². The van der Waals surface area contributed by atoms with Crippen molar-refractivity contribution in [2.75, 3.05) is 13.6 Å². The monoisotopic (exact) mass is 542 g/mol. The van der Waals surface area contributed by atoms with Gasteiger partial charge in [0, 0.05) is 37.7 Å². The molecule has 0 saturated carbocycles. The summed E-state index contributed by atoms with van der Waals surface area (Å²) in [6.07, 6.45) is 2.28. The van der Waals surface area contributed by atoms with Gasteiger partial charge in [-0.05, 0) is 25.1 Å². The van der Waals surface area contributed by atoms with Crippen molar-refractivity contribution in [2.24, 2.45) is 4.99 Å². The van der Waals surface area contributed by atoms with Gasteiger partial charge in [-0.25, -0.2) is 4.98 Å². The van der Waals surface area contributed by atoms with Crippen LogP contribution in [0.1, 0.15) is 16.8 Å². The highest BCUT2D eigenvalue weighted by Crippen LogP contribution is 2.20. The molecular weight excluding hydrogens is 517 g/mol. The summed E-state index contributed by atoms with van der Waals surface area (Å²) < 4.78 is 35.2. The fourth-order valence-corrected chi connectivity index (χ4v) is 2.82. The van der Waals surface area contributed by atoms with Gasteiger partial charge in [0.2, 0.25) is 5.89 Å². The average molecular weight is 542 g/mol. The first-order valence-corrected chi connectivity index (χ1v) is 9.54. The SMILES string of the molecule is CN=C(NCCc1coc(-c2ccc(C)cc2)n1)NCc1ccccc1OC(F)F.I. The Balaban J connectivity index is 0.00000341. The number of halogens is 3. The molecule has 0 saturated heterocycles. The van der Waals surface area contributed by atoms with E-state index in [1.165, 1.54) is 11.6 Å².